The molecule has 0 saturated carbocycles. The molecule has 3 heterocycles. The minimum Gasteiger partial charge on any atom is -0.469 e. The molecule has 7 heteroatoms. The Morgan fingerprint density at radius 2 is 2.08 bits per heavy atom. The van der Waals surface area contributed by atoms with Gasteiger partial charge in [0, 0.05) is 22.7 Å². The normalized spacial score (nSPS) is 12.6. The molecule has 1 N–H and O–H groups in total. The molecule has 0 fully saturated rings. The molecule has 1 atom stereocenters. The topological polar surface area (TPSA) is 84.9 Å². The van der Waals surface area contributed by atoms with Crippen LogP contribution in [0, 0.1) is 6.92 Å². The average Bonchev–Trinajstić information content (AvgIpc) is 3.33. The van der Waals surface area contributed by atoms with Crippen molar-refractivity contribution in [3.05, 3.63) is 54.1 Å². The number of aromatic nitrogens is 3. The summed E-state index contributed by atoms with van der Waals surface area (Å²) < 4.78 is 10.9. The molecule has 0 saturated heterocycles. The smallest absolute Gasteiger partial charge is 0.277 e. The van der Waals surface area contributed by atoms with Gasteiger partial charge in [-0.2, -0.15) is 0 Å². The van der Waals surface area contributed by atoms with Gasteiger partial charge in [0.25, 0.3) is 11.1 Å². The minimum atomic E-state index is -0.349. The van der Waals surface area contributed by atoms with Gasteiger partial charge in [-0.3, -0.25) is 4.79 Å². The molecule has 3 aromatic heterocycles. The van der Waals surface area contributed by atoms with E-state index in [1.807, 2.05) is 38.1 Å². The zero-order chi connectivity index (χ0) is 17.4. The Kier molecular flexibility index (Phi) is 3.93. The molecular weight excluding hydrogens is 338 g/mol. The first-order chi connectivity index (χ1) is 12.1. The van der Waals surface area contributed by atoms with Gasteiger partial charge < -0.3 is 13.8 Å². The van der Waals surface area contributed by atoms with Crippen LogP contribution in [0.5, 0.6) is 0 Å². The van der Waals surface area contributed by atoms with Crippen molar-refractivity contribution in [2.24, 2.45) is 0 Å². The van der Waals surface area contributed by atoms with E-state index in [1.54, 1.807) is 18.5 Å². The second-order valence-corrected chi connectivity index (χ2v) is 6.93. The fraction of sp³-hybridized carbons (Fsp3) is 0.167. The number of nitrogens with one attached hydrogen (secondary N) is 1. The number of para-hydroxylation sites is 1. The number of hydrogen-bond donors (Lipinski definition) is 1. The number of aromatic amines is 1. The molecule has 126 valence electrons. The summed E-state index contributed by atoms with van der Waals surface area (Å²) in [5, 5.41) is 8.98. The summed E-state index contributed by atoms with van der Waals surface area (Å²) in [4.78, 5) is 15.9. The highest BCUT2D eigenvalue weighted by Gasteiger charge is 2.23. The van der Waals surface area contributed by atoms with Gasteiger partial charge in [0.05, 0.1) is 17.1 Å². The quantitative estimate of drug-likeness (QED) is 0.420. The Hall–Kier alpha value is -2.80. The zero-order valence-electron chi connectivity index (χ0n) is 13.6. The van der Waals surface area contributed by atoms with Gasteiger partial charge in [0.15, 0.2) is 5.78 Å². The number of fused-ring (bicyclic) bond motifs is 1. The molecule has 0 amide bonds. The van der Waals surface area contributed by atoms with Crippen LogP contribution in [0.3, 0.4) is 0 Å². The highest BCUT2D eigenvalue weighted by molar-refractivity contribution is 8.00. The van der Waals surface area contributed by atoms with E-state index in [0.717, 1.165) is 16.5 Å². The van der Waals surface area contributed by atoms with Crippen molar-refractivity contribution in [3.8, 4) is 11.5 Å². The van der Waals surface area contributed by atoms with Crippen molar-refractivity contribution in [3.63, 3.8) is 0 Å². The summed E-state index contributed by atoms with van der Waals surface area (Å²) in [5.41, 5.74) is 2.37. The second kappa shape index (κ2) is 6.25. The number of ketones is 1. The average molecular weight is 353 g/mol. The van der Waals surface area contributed by atoms with Gasteiger partial charge in [-0.25, -0.2) is 0 Å². The maximum absolute atomic E-state index is 12.8. The number of furan rings is 1. The van der Waals surface area contributed by atoms with E-state index in [-0.39, 0.29) is 11.0 Å². The Balaban J connectivity index is 1.54. The number of rotatable bonds is 5. The van der Waals surface area contributed by atoms with E-state index >= 15 is 0 Å². The lowest BCUT2D eigenvalue weighted by molar-refractivity contribution is 0.0995. The molecule has 6 nitrogen and oxygen atoms in total. The maximum atomic E-state index is 12.8. The number of Topliss-reactive ketones (excluding diaryl/α,β-unsaturated/α-hetero) is 1. The van der Waals surface area contributed by atoms with Crippen LogP contribution in [-0.4, -0.2) is 26.2 Å². The van der Waals surface area contributed by atoms with E-state index in [4.69, 9.17) is 8.83 Å². The lowest BCUT2D eigenvalue weighted by Gasteiger charge is -2.06. The molecule has 0 aliphatic rings. The summed E-state index contributed by atoms with van der Waals surface area (Å²) in [6, 6.07) is 9.51. The van der Waals surface area contributed by atoms with E-state index in [0.29, 0.717) is 22.4 Å². The van der Waals surface area contributed by atoms with Crippen LogP contribution < -0.4 is 0 Å². The molecule has 4 rings (SSSR count). The summed E-state index contributed by atoms with van der Waals surface area (Å²) in [5.74, 6) is 1.12. The lowest BCUT2D eigenvalue weighted by Crippen LogP contribution is -2.13. The fourth-order valence-electron chi connectivity index (χ4n) is 2.67. The number of carbonyl (C=O) groups is 1. The summed E-state index contributed by atoms with van der Waals surface area (Å²) in [7, 11) is 0. The van der Waals surface area contributed by atoms with E-state index < -0.39 is 0 Å². The first kappa shape index (κ1) is 15.7. The van der Waals surface area contributed by atoms with Crippen molar-refractivity contribution in [2.45, 2.75) is 24.3 Å². The van der Waals surface area contributed by atoms with Gasteiger partial charge in [0.1, 0.15) is 5.76 Å². The fourth-order valence-corrected chi connectivity index (χ4v) is 3.42. The SMILES string of the molecule is Cc1occc1-c1nnc(SC(C)C(=O)c2c[nH]c3ccccc23)o1. The van der Waals surface area contributed by atoms with Crippen LogP contribution in [0.4, 0.5) is 0 Å². The van der Waals surface area contributed by atoms with Crippen LogP contribution >= 0.6 is 11.8 Å². The van der Waals surface area contributed by atoms with Crippen molar-refractivity contribution >= 4 is 28.4 Å². The third-order valence-corrected chi connectivity index (χ3v) is 4.93. The van der Waals surface area contributed by atoms with Crippen LogP contribution in [0.25, 0.3) is 22.4 Å². The van der Waals surface area contributed by atoms with Crippen molar-refractivity contribution in [1.82, 2.24) is 15.2 Å². The summed E-state index contributed by atoms with van der Waals surface area (Å²) in [6.07, 6.45) is 3.32. The molecule has 0 radical (unpaired) electrons. The standard InChI is InChI=1S/C18H15N3O3S/c1-10-12(7-8-23-10)17-20-21-18(24-17)25-11(2)16(22)14-9-19-15-6-4-3-5-13(14)15/h3-9,11,19H,1-2H3. The van der Waals surface area contributed by atoms with Crippen LogP contribution in [0.2, 0.25) is 0 Å². The lowest BCUT2D eigenvalue weighted by atomic mass is 10.1. The first-order valence-electron chi connectivity index (χ1n) is 7.78. The maximum Gasteiger partial charge on any atom is 0.277 e. The van der Waals surface area contributed by atoms with Crippen LogP contribution in [0.1, 0.15) is 23.0 Å². The van der Waals surface area contributed by atoms with Crippen LogP contribution in [-0.2, 0) is 0 Å². The Bertz CT molecular complexity index is 1050. The molecule has 4 aromatic rings. The molecular formula is C18H15N3O3S. The number of carbonyl (C=O) groups excluding carboxylic acids is 1. The van der Waals surface area contributed by atoms with Gasteiger partial charge in [-0.15, -0.1) is 10.2 Å². The molecule has 1 unspecified atom stereocenters. The predicted octanol–water partition coefficient (Wildman–Crippen LogP) is 4.48. The number of H-pyrrole nitrogens is 1. The Labute approximate surface area is 147 Å². The van der Waals surface area contributed by atoms with E-state index in [1.165, 1.54) is 11.8 Å². The molecule has 0 aliphatic heterocycles. The third-order valence-electron chi connectivity index (χ3n) is 4.00. The monoisotopic (exact) mass is 353 g/mol. The van der Waals surface area contributed by atoms with Gasteiger partial charge in [-0.1, -0.05) is 30.0 Å². The second-order valence-electron chi connectivity index (χ2n) is 5.64. The van der Waals surface area contributed by atoms with Crippen molar-refractivity contribution in [2.75, 3.05) is 0 Å². The summed E-state index contributed by atoms with van der Waals surface area (Å²) in [6.45, 7) is 3.66. The molecule has 0 aliphatic carbocycles. The molecule has 0 spiro atoms. The largest absolute Gasteiger partial charge is 0.469 e. The van der Waals surface area contributed by atoms with Crippen molar-refractivity contribution in [1.29, 1.82) is 0 Å². The van der Waals surface area contributed by atoms with Gasteiger partial charge in [0.2, 0.25) is 0 Å². The Morgan fingerprint density at radius 1 is 1.24 bits per heavy atom. The van der Waals surface area contributed by atoms with E-state index in [2.05, 4.69) is 15.2 Å². The highest BCUT2D eigenvalue weighted by Crippen LogP contribution is 2.30. The minimum absolute atomic E-state index is 0.0155. The number of aryl methyl sites for hydroxylation is 1. The van der Waals surface area contributed by atoms with Gasteiger partial charge >= 0.3 is 0 Å². The number of thioether (sulfide) groups is 1. The van der Waals surface area contributed by atoms with Crippen LogP contribution in [0.15, 0.2) is 56.8 Å². The van der Waals surface area contributed by atoms with E-state index in [9.17, 15) is 4.79 Å². The van der Waals surface area contributed by atoms with Gasteiger partial charge in [-0.05, 0) is 26.0 Å². The molecule has 25 heavy (non-hydrogen) atoms. The highest BCUT2D eigenvalue weighted by atomic mass is 32.2. The number of benzene rings is 1. The van der Waals surface area contributed by atoms with Crippen molar-refractivity contribution < 1.29 is 13.6 Å². The molecule has 0 bridgehead atoms. The zero-order valence-corrected chi connectivity index (χ0v) is 14.5. The number of nitrogens with zero attached hydrogens (tertiary/aromatic N) is 2. The first-order valence-corrected chi connectivity index (χ1v) is 8.66. The Morgan fingerprint density at radius 3 is 2.88 bits per heavy atom. The number of hydrogen-bond acceptors (Lipinski definition) is 6. The summed E-state index contributed by atoms with van der Waals surface area (Å²) >= 11 is 1.25. The predicted molar refractivity (Wildman–Crippen MR) is 94.7 cm³/mol. The molecule has 1 aromatic carbocycles. The third kappa shape index (κ3) is 2.87.